The second-order valence-corrected chi connectivity index (χ2v) is 6.18. The van der Waals surface area contributed by atoms with Crippen LogP contribution >= 0.6 is 11.8 Å². The molecule has 1 heterocycles. The SMILES string of the molecule is CCCC1NCC(=O)N1CC(C)(C)SC. The molecule has 1 atom stereocenters. The summed E-state index contributed by atoms with van der Waals surface area (Å²) in [7, 11) is 0. The van der Waals surface area contributed by atoms with E-state index in [4.69, 9.17) is 0 Å². The van der Waals surface area contributed by atoms with Gasteiger partial charge in [-0.2, -0.15) is 11.8 Å². The van der Waals surface area contributed by atoms with Crippen LogP contribution in [0.4, 0.5) is 0 Å². The van der Waals surface area contributed by atoms with Crippen molar-refractivity contribution in [2.75, 3.05) is 19.3 Å². The van der Waals surface area contributed by atoms with Crippen LogP contribution in [0.3, 0.4) is 0 Å². The Hall–Kier alpha value is -0.220. The number of carbonyl (C=O) groups excluding carboxylic acids is 1. The molecule has 0 aromatic carbocycles. The number of carbonyl (C=O) groups is 1. The predicted octanol–water partition coefficient (Wildman–Crippen LogP) is 1.69. The number of nitrogens with zero attached hydrogens (tertiary/aromatic N) is 1. The quantitative estimate of drug-likeness (QED) is 0.780. The first-order valence-corrected chi connectivity index (χ1v) is 6.80. The molecule has 88 valence electrons. The van der Waals surface area contributed by atoms with Crippen molar-refractivity contribution >= 4 is 17.7 Å². The fourth-order valence-corrected chi connectivity index (χ4v) is 2.06. The fourth-order valence-electron chi connectivity index (χ4n) is 1.80. The van der Waals surface area contributed by atoms with Gasteiger partial charge in [0.1, 0.15) is 0 Å². The zero-order valence-corrected chi connectivity index (χ0v) is 11.0. The van der Waals surface area contributed by atoms with E-state index in [0.29, 0.717) is 6.54 Å². The van der Waals surface area contributed by atoms with Gasteiger partial charge in [0.15, 0.2) is 0 Å². The summed E-state index contributed by atoms with van der Waals surface area (Å²) >= 11 is 1.81. The van der Waals surface area contributed by atoms with Gasteiger partial charge >= 0.3 is 0 Å². The van der Waals surface area contributed by atoms with E-state index >= 15 is 0 Å². The molecule has 0 spiro atoms. The van der Waals surface area contributed by atoms with Crippen molar-refractivity contribution in [2.45, 2.75) is 44.5 Å². The Morgan fingerprint density at radius 2 is 2.27 bits per heavy atom. The zero-order chi connectivity index (χ0) is 11.5. The van der Waals surface area contributed by atoms with Crippen LogP contribution in [-0.4, -0.2) is 41.1 Å². The van der Waals surface area contributed by atoms with Gasteiger partial charge in [-0.3, -0.25) is 10.1 Å². The number of amides is 1. The molecule has 1 amide bonds. The summed E-state index contributed by atoms with van der Waals surface area (Å²) in [6, 6.07) is 0. The Morgan fingerprint density at radius 1 is 1.60 bits per heavy atom. The highest BCUT2D eigenvalue weighted by atomic mass is 32.2. The molecule has 1 rings (SSSR count). The van der Waals surface area contributed by atoms with Crippen molar-refractivity contribution in [3.05, 3.63) is 0 Å². The van der Waals surface area contributed by atoms with Crippen molar-refractivity contribution in [2.24, 2.45) is 0 Å². The molecule has 15 heavy (non-hydrogen) atoms. The second kappa shape index (κ2) is 5.21. The first kappa shape index (κ1) is 12.8. The van der Waals surface area contributed by atoms with E-state index in [9.17, 15) is 4.79 Å². The average molecular weight is 230 g/mol. The topological polar surface area (TPSA) is 32.3 Å². The van der Waals surface area contributed by atoms with Crippen molar-refractivity contribution < 1.29 is 4.79 Å². The maximum atomic E-state index is 11.7. The third kappa shape index (κ3) is 3.38. The largest absolute Gasteiger partial charge is 0.325 e. The Morgan fingerprint density at radius 3 is 2.80 bits per heavy atom. The lowest BCUT2D eigenvalue weighted by Gasteiger charge is -2.32. The summed E-state index contributed by atoms with van der Waals surface area (Å²) in [5.41, 5.74) is 0. The van der Waals surface area contributed by atoms with Gasteiger partial charge in [0.25, 0.3) is 0 Å². The predicted molar refractivity (Wildman–Crippen MR) is 66.0 cm³/mol. The summed E-state index contributed by atoms with van der Waals surface area (Å²) in [6.07, 6.45) is 4.52. The minimum Gasteiger partial charge on any atom is -0.325 e. The minimum atomic E-state index is 0.146. The highest BCUT2D eigenvalue weighted by Gasteiger charge is 2.33. The van der Waals surface area contributed by atoms with Crippen molar-refractivity contribution in [3.63, 3.8) is 0 Å². The number of rotatable bonds is 5. The third-order valence-electron chi connectivity index (χ3n) is 2.85. The van der Waals surface area contributed by atoms with Gasteiger partial charge in [0.2, 0.25) is 5.91 Å². The first-order valence-electron chi connectivity index (χ1n) is 5.58. The maximum Gasteiger partial charge on any atom is 0.237 e. The lowest BCUT2D eigenvalue weighted by atomic mass is 10.1. The summed E-state index contributed by atoms with van der Waals surface area (Å²) in [4.78, 5) is 13.7. The molecule has 3 nitrogen and oxygen atoms in total. The molecule has 0 aromatic heterocycles. The van der Waals surface area contributed by atoms with Crippen LogP contribution in [-0.2, 0) is 4.79 Å². The molecule has 0 aliphatic carbocycles. The van der Waals surface area contributed by atoms with Crippen LogP contribution in [0.2, 0.25) is 0 Å². The van der Waals surface area contributed by atoms with Crippen LogP contribution in [0.1, 0.15) is 33.6 Å². The number of hydrogen-bond acceptors (Lipinski definition) is 3. The average Bonchev–Trinajstić information content (AvgIpc) is 2.50. The normalized spacial score (nSPS) is 22.5. The molecule has 1 aliphatic rings. The minimum absolute atomic E-state index is 0.146. The smallest absolute Gasteiger partial charge is 0.237 e. The van der Waals surface area contributed by atoms with Crippen LogP contribution in [0.5, 0.6) is 0 Å². The molecule has 1 fully saturated rings. The van der Waals surface area contributed by atoms with Crippen LogP contribution in [0.25, 0.3) is 0 Å². The number of thioether (sulfide) groups is 1. The van der Waals surface area contributed by atoms with Gasteiger partial charge in [-0.25, -0.2) is 0 Å². The molecule has 0 aromatic rings. The third-order valence-corrected chi connectivity index (χ3v) is 4.09. The van der Waals surface area contributed by atoms with E-state index in [2.05, 4.69) is 32.3 Å². The Labute approximate surface area is 97.0 Å². The lowest BCUT2D eigenvalue weighted by molar-refractivity contribution is -0.128. The highest BCUT2D eigenvalue weighted by Crippen LogP contribution is 2.25. The van der Waals surface area contributed by atoms with E-state index in [-0.39, 0.29) is 16.8 Å². The summed E-state index contributed by atoms with van der Waals surface area (Å²) < 4.78 is 0.146. The van der Waals surface area contributed by atoms with E-state index in [0.717, 1.165) is 19.4 Å². The molecular weight excluding hydrogens is 208 g/mol. The van der Waals surface area contributed by atoms with Crippen molar-refractivity contribution in [1.29, 1.82) is 0 Å². The summed E-state index contributed by atoms with van der Waals surface area (Å²) in [6.45, 7) is 7.88. The van der Waals surface area contributed by atoms with Gasteiger partial charge in [0, 0.05) is 11.3 Å². The van der Waals surface area contributed by atoms with E-state index in [1.54, 1.807) is 0 Å². The van der Waals surface area contributed by atoms with Gasteiger partial charge in [-0.1, -0.05) is 13.3 Å². The summed E-state index contributed by atoms with van der Waals surface area (Å²) in [5, 5.41) is 3.27. The highest BCUT2D eigenvalue weighted by molar-refractivity contribution is 7.99. The van der Waals surface area contributed by atoms with Crippen molar-refractivity contribution in [3.8, 4) is 0 Å². The van der Waals surface area contributed by atoms with Gasteiger partial charge in [0.05, 0.1) is 12.7 Å². The van der Waals surface area contributed by atoms with Crippen molar-refractivity contribution in [1.82, 2.24) is 10.2 Å². The van der Waals surface area contributed by atoms with Gasteiger partial charge in [-0.15, -0.1) is 0 Å². The number of hydrogen-bond donors (Lipinski definition) is 1. The molecule has 1 N–H and O–H groups in total. The monoisotopic (exact) mass is 230 g/mol. The fraction of sp³-hybridized carbons (Fsp3) is 0.909. The molecular formula is C11H22N2OS. The van der Waals surface area contributed by atoms with E-state index in [1.165, 1.54) is 0 Å². The van der Waals surface area contributed by atoms with E-state index in [1.807, 2.05) is 16.7 Å². The Bertz CT molecular complexity index is 231. The molecule has 0 saturated carbocycles. The Balaban J connectivity index is 2.60. The first-order chi connectivity index (χ1) is 7.00. The van der Waals surface area contributed by atoms with Crippen LogP contribution in [0, 0.1) is 0 Å². The Kier molecular flexibility index (Phi) is 4.46. The number of nitrogens with one attached hydrogen (secondary N) is 1. The molecule has 0 radical (unpaired) electrons. The molecule has 1 saturated heterocycles. The zero-order valence-electron chi connectivity index (χ0n) is 10.2. The standard InChI is InChI=1S/C11H22N2OS/c1-5-6-9-12-7-10(14)13(9)8-11(2,3)15-4/h9,12H,5-8H2,1-4H3. The van der Waals surface area contributed by atoms with Crippen LogP contribution in [0.15, 0.2) is 0 Å². The summed E-state index contributed by atoms with van der Waals surface area (Å²) in [5.74, 6) is 0.246. The lowest BCUT2D eigenvalue weighted by Crippen LogP contribution is -2.44. The molecule has 1 aliphatic heterocycles. The second-order valence-electron chi connectivity index (χ2n) is 4.67. The van der Waals surface area contributed by atoms with E-state index < -0.39 is 0 Å². The molecule has 1 unspecified atom stereocenters. The van der Waals surface area contributed by atoms with Gasteiger partial charge < -0.3 is 4.90 Å². The maximum absolute atomic E-state index is 11.7. The molecule has 4 heteroatoms. The van der Waals surface area contributed by atoms with Gasteiger partial charge in [-0.05, 0) is 26.5 Å². The van der Waals surface area contributed by atoms with Crippen LogP contribution < -0.4 is 5.32 Å². The molecule has 0 bridgehead atoms.